The van der Waals surface area contributed by atoms with Gasteiger partial charge in [-0.15, -0.1) is 0 Å². The number of nitrogens with one attached hydrogen (secondary N) is 1. The summed E-state index contributed by atoms with van der Waals surface area (Å²) in [6.07, 6.45) is 9.69. The summed E-state index contributed by atoms with van der Waals surface area (Å²) in [6, 6.07) is 5.75. The zero-order valence-electron chi connectivity index (χ0n) is 16.2. The molecule has 0 radical (unpaired) electrons. The van der Waals surface area contributed by atoms with Crippen molar-refractivity contribution in [2.75, 3.05) is 18.8 Å². The molecule has 3 rings (SSSR count). The number of aliphatic imine (C=N–C) groups is 1. The van der Waals surface area contributed by atoms with Gasteiger partial charge in [0.15, 0.2) is 5.96 Å². The van der Waals surface area contributed by atoms with Crippen LogP contribution in [-0.2, 0) is 16.6 Å². The number of ether oxygens (including phenoxy) is 1. The lowest BCUT2D eigenvalue weighted by molar-refractivity contribution is 0.402. The summed E-state index contributed by atoms with van der Waals surface area (Å²) in [5.41, 5.74) is 7.88. The summed E-state index contributed by atoms with van der Waals surface area (Å²) in [4.78, 5) is 6.31. The Morgan fingerprint density at radius 3 is 2.93 bits per heavy atom. The topological polar surface area (TPSA) is 97.0 Å². The number of unbranched alkanes of at least 4 members (excludes halogenated alkanes) is 1. The van der Waals surface area contributed by atoms with Crippen molar-refractivity contribution >= 4 is 21.7 Å². The summed E-state index contributed by atoms with van der Waals surface area (Å²) in [5, 5.41) is 0. The molecule has 2 aliphatic rings. The number of rotatable bonds is 9. The summed E-state index contributed by atoms with van der Waals surface area (Å²) in [5.74, 6) is 2.16. The second-order valence-electron chi connectivity index (χ2n) is 6.94. The van der Waals surface area contributed by atoms with Crippen molar-refractivity contribution in [2.24, 2.45) is 10.7 Å². The van der Waals surface area contributed by atoms with Gasteiger partial charge in [0.1, 0.15) is 11.5 Å². The van der Waals surface area contributed by atoms with Crippen LogP contribution < -0.4 is 15.2 Å². The van der Waals surface area contributed by atoms with Gasteiger partial charge in [-0.1, -0.05) is 19.4 Å². The van der Waals surface area contributed by atoms with Crippen LogP contribution in [0.1, 0.15) is 38.2 Å². The number of fused-ring (bicyclic) bond motifs is 1. The first-order valence-corrected chi connectivity index (χ1v) is 11.4. The molecule has 7 nitrogen and oxygen atoms in total. The summed E-state index contributed by atoms with van der Waals surface area (Å²) < 4.78 is 32.4. The number of allylic oxidation sites excluding steroid dienone is 3. The van der Waals surface area contributed by atoms with Crippen LogP contribution in [0.2, 0.25) is 0 Å². The van der Waals surface area contributed by atoms with Crippen LogP contribution in [0, 0.1) is 0 Å². The van der Waals surface area contributed by atoms with Crippen LogP contribution in [0.15, 0.2) is 47.2 Å². The molecule has 8 heteroatoms. The van der Waals surface area contributed by atoms with E-state index < -0.39 is 10.0 Å². The number of guanidine groups is 1. The largest absolute Gasteiger partial charge is 0.458 e. The van der Waals surface area contributed by atoms with E-state index in [1.165, 1.54) is 0 Å². The molecule has 28 heavy (non-hydrogen) atoms. The van der Waals surface area contributed by atoms with Gasteiger partial charge in [0, 0.05) is 25.2 Å². The van der Waals surface area contributed by atoms with E-state index in [0.717, 1.165) is 42.0 Å². The Kier molecular flexibility index (Phi) is 6.74. The number of nitrogens with zero attached hydrogens (tertiary/aromatic N) is 2. The van der Waals surface area contributed by atoms with Gasteiger partial charge in [-0.2, -0.15) is 0 Å². The standard InChI is InChI=1S/C20H28N4O3S/c1-2-3-13-28(25,26)22-11-12-24-15-16-14-18(9-10-19(16)23-20(24)21)27-17-7-5-4-6-8-17/h5,7-10,14,22H,2-4,6,11-13,15H2,1H3,(H2,21,23). The van der Waals surface area contributed by atoms with Gasteiger partial charge >= 0.3 is 0 Å². The van der Waals surface area contributed by atoms with Crippen LogP contribution in [0.5, 0.6) is 5.75 Å². The second-order valence-corrected chi connectivity index (χ2v) is 8.86. The fourth-order valence-corrected chi connectivity index (χ4v) is 4.29. The van der Waals surface area contributed by atoms with E-state index in [0.29, 0.717) is 32.0 Å². The molecule has 152 valence electrons. The SMILES string of the molecule is CCCCS(=O)(=O)NCCN1Cc2cc(OC3=CCCC=C3)ccc2N=C1N. The van der Waals surface area contributed by atoms with Gasteiger partial charge in [0.25, 0.3) is 0 Å². The number of benzene rings is 1. The molecule has 0 amide bonds. The van der Waals surface area contributed by atoms with Crippen molar-refractivity contribution in [3.63, 3.8) is 0 Å². The highest BCUT2D eigenvalue weighted by Crippen LogP contribution is 2.30. The Balaban J connectivity index is 1.60. The lowest BCUT2D eigenvalue weighted by Crippen LogP contribution is -2.43. The van der Waals surface area contributed by atoms with Crippen molar-refractivity contribution in [3.8, 4) is 5.75 Å². The Morgan fingerprint density at radius 2 is 2.18 bits per heavy atom. The minimum atomic E-state index is -3.24. The predicted octanol–water partition coefficient (Wildman–Crippen LogP) is 2.78. The average Bonchev–Trinajstić information content (AvgIpc) is 2.68. The molecule has 0 saturated carbocycles. The van der Waals surface area contributed by atoms with E-state index in [1.54, 1.807) is 0 Å². The minimum Gasteiger partial charge on any atom is -0.458 e. The van der Waals surface area contributed by atoms with Crippen molar-refractivity contribution in [3.05, 3.63) is 47.7 Å². The molecule has 1 aliphatic heterocycles. The highest BCUT2D eigenvalue weighted by atomic mass is 32.2. The highest BCUT2D eigenvalue weighted by molar-refractivity contribution is 7.89. The number of nitrogens with two attached hydrogens (primary N) is 1. The second kappa shape index (κ2) is 9.25. The van der Waals surface area contributed by atoms with Gasteiger partial charge < -0.3 is 15.4 Å². The van der Waals surface area contributed by atoms with Crippen LogP contribution in [-0.4, -0.2) is 38.1 Å². The molecule has 0 bridgehead atoms. The number of hydrogen-bond donors (Lipinski definition) is 2. The van der Waals surface area contributed by atoms with E-state index in [1.807, 2.05) is 36.1 Å². The third-order valence-corrected chi connectivity index (χ3v) is 6.11. The molecule has 0 atom stereocenters. The highest BCUT2D eigenvalue weighted by Gasteiger charge is 2.19. The molecule has 3 N–H and O–H groups in total. The van der Waals surface area contributed by atoms with Gasteiger partial charge in [-0.05, 0) is 49.6 Å². The normalized spacial score (nSPS) is 16.4. The molecule has 0 fully saturated rings. The summed E-state index contributed by atoms with van der Waals surface area (Å²) in [6.45, 7) is 3.29. The molecule has 1 aromatic rings. The van der Waals surface area contributed by atoms with Crippen LogP contribution >= 0.6 is 0 Å². The van der Waals surface area contributed by atoms with Gasteiger partial charge in [0.2, 0.25) is 10.0 Å². The molecule has 1 heterocycles. The number of hydrogen-bond acceptors (Lipinski definition) is 6. The maximum atomic E-state index is 11.9. The Bertz CT molecular complexity index is 891. The van der Waals surface area contributed by atoms with Gasteiger partial charge in [0.05, 0.1) is 11.4 Å². The van der Waals surface area contributed by atoms with E-state index in [9.17, 15) is 8.42 Å². The lowest BCUT2D eigenvalue weighted by Gasteiger charge is -2.28. The third-order valence-electron chi connectivity index (χ3n) is 4.64. The Labute approximate surface area is 167 Å². The Hall–Kier alpha value is -2.32. The van der Waals surface area contributed by atoms with Gasteiger partial charge in [-0.25, -0.2) is 18.1 Å². The fourth-order valence-electron chi connectivity index (χ4n) is 3.08. The molecule has 0 spiro atoms. The molecule has 0 saturated heterocycles. The van der Waals surface area contributed by atoms with Crippen LogP contribution in [0.3, 0.4) is 0 Å². The quantitative estimate of drug-likeness (QED) is 0.660. The van der Waals surface area contributed by atoms with E-state index in [-0.39, 0.29) is 5.75 Å². The smallest absolute Gasteiger partial charge is 0.211 e. The third kappa shape index (κ3) is 5.59. The molecular weight excluding hydrogens is 376 g/mol. The van der Waals surface area contributed by atoms with Gasteiger partial charge in [-0.3, -0.25) is 0 Å². The fraction of sp³-hybridized carbons (Fsp3) is 0.450. The maximum Gasteiger partial charge on any atom is 0.211 e. The van der Waals surface area contributed by atoms with Crippen molar-refractivity contribution in [2.45, 2.75) is 39.2 Å². The first kappa shape index (κ1) is 20.4. The monoisotopic (exact) mass is 404 g/mol. The first-order valence-electron chi connectivity index (χ1n) is 9.71. The van der Waals surface area contributed by atoms with Crippen LogP contribution in [0.4, 0.5) is 5.69 Å². The zero-order chi connectivity index (χ0) is 20.0. The maximum absolute atomic E-state index is 11.9. The number of sulfonamides is 1. The first-order chi connectivity index (χ1) is 13.5. The molecule has 1 aliphatic carbocycles. The van der Waals surface area contributed by atoms with Crippen molar-refractivity contribution < 1.29 is 13.2 Å². The molecular formula is C20H28N4O3S. The molecule has 0 aromatic heterocycles. The lowest BCUT2D eigenvalue weighted by atomic mass is 10.1. The van der Waals surface area contributed by atoms with E-state index in [2.05, 4.69) is 21.9 Å². The van der Waals surface area contributed by atoms with Crippen molar-refractivity contribution in [1.82, 2.24) is 9.62 Å². The van der Waals surface area contributed by atoms with E-state index >= 15 is 0 Å². The molecule has 1 aromatic carbocycles. The van der Waals surface area contributed by atoms with Crippen molar-refractivity contribution in [1.29, 1.82) is 0 Å². The predicted molar refractivity (Wildman–Crippen MR) is 112 cm³/mol. The summed E-state index contributed by atoms with van der Waals surface area (Å²) in [7, 11) is -3.24. The minimum absolute atomic E-state index is 0.154. The van der Waals surface area contributed by atoms with E-state index in [4.69, 9.17) is 10.5 Å². The Morgan fingerprint density at radius 1 is 1.32 bits per heavy atom. The average molecular weight is 405 g/mol. The molecule has 0 unspecified atom stereocenters. The summed E-state index contributed by atoms with van der Waals surface area (Å²) >= 11 is 0. The van der Waals surface area contributed by atoms with Crippen LogP contribution in [0.25, 0.3) is 0 Å². The zero-order valence-corrected chi connectivity index (χ0v) is 17.0.